The molecule has 0 fully saturated rings. The van der Waals surface area contributed by atoms with Gasteiger partial charge < -0.3 is 15.2 Å². The van der Waals surface area contributed by atoms with Gasteiger partial charge in [0, 0.05) is 11.1 Å². The van der Waals surface area contributed by atoms with Crippen molar-refractivity contribution in [2.75, 3.05) is 7.11 Å². The van der Waals surface area contributed by atoms with Crippen LogP contribution in [0.25, 0.3) is 0 Å². The largest absolute Gasteiger partial charge is 0.480 e. The predicted molar refractivity (Wildman–Crippen MR) is 87.1 cm³/mol. The molecule has 2 rings (SSSR count). The highest BCUT2D eigenvalue weighted by Crippen LogP contribution is 2.27. The second kappa shape index (κ2) is 7.27. The zero-order valence-electron chi connectivity index (χ0n) is 13.1. The Morgan fingerprint density at radius 1 is 1.21 bits per heavy atom. The number of carbonyl (C=O) groups excluding carboxylic acids is 1. The van der Waals surface area contributed by atoms with Crippen LogP contribution in [-0.4, -0.2) is 34.3 Å². The van der Waals surface area contributed by atoms with Crippen LogP contribution in [0, 0.1) is 0 Å². The maximum Gasteiger partial charge on any atom is 0.334 e. The molecule has 1 unspecified atom stereocenters. The summed E-state index contributed by atoms with van der Waals surface area (Å²) in [6.45, 7) is 1.67. The number of hydrogen-bond donors (Lipinski definition) is 2. The molecule has 1 heterocycles. The zero-order chi connectivity index (χ0) is 17.7. The molecule has 126 valence electrons. The molecule has 8 heteroatoms. The smallest absolute Gasteiger partial charge is 0.334 e. The molecule has 1 atom stereocenters. The van der Waals surface area contributed by atoms with E-state index >= 15 is 0 Å². The molecule has 1 aromatic carbocycles. The Kier molecular flexibility index (Phi) is 5.35. The highest BCUT2D eigenvalue weighted by atomic mass is 35.5. The highest BCUT2D eigenvalue weighted by Gasteiger charge is 2.40. The molecule has 1 aromatic heterocycles. The first kappa shape index (κ1) is 17.7. The summed E-state index contributed by atoms with van der Waals surface area (Å²) >= 11 is 5.85. The van der Waals surface area contributed by atoms with Gasteiger partial charge in [-0.05, 0) is 30.2 Å². The van der Waals surface area contributed by atoms with E-state index in [9.17, 15) is 14.7 Å². The Labute approximate surface area is 143 Å². The molecule has 7 nitrogen and oxygen atoms in total. The molecular formula is C16H16ClN3O4. The number of aromatic nitrogens is 2. The predicted octanol–water partition coefficient (Wildman–Crippen LogP) is 2.26. The topological polar surface area (TPSA) is 101 Å². The van der Waals surface area contributed by atoms with Crippen LogP contribution in [0.15, 0.2) is 36.4 Å². The third kappa shape index (κ3) is 3.46. The molecule has 0 aliphatic rings. The quantitative estimate of drug-likeness (QED) is 0.829. The normalized spacial score (nSPS) is 13.0. The van der Waals surface area contributed by atoms with E-state index in [-0.39, 0.29) is 18.0 Å². The van der Waals surface area contributed by atoms with Crippen molar-refractivity contribution in [3.63, 3.8) is 0 Å². The average molecular weight is 350 g/mol. The van der Waals surface area contributed by atoms with Crippen LogP contribution in [0.1, 0.15) is 29.4 Å². The number of rotatable bonds is 6. The lowest BCUT2D eigenvalue weighted by Gasteiger charge is -2.29. The van der Waals surface area contributed by atoms with E-state index in [1.807, 2.05) is 0 Å². The van der Waals surface area contributed by atoms with Gasteiger partial charge in [0.05, 0.1) is 7.11 Å². The maximum absolute atomic E-state index is 12.4. The van der Waals surface area contributed by atoms with Crippen LogP contribution < -0.4 is 10.1 Å². The van der Waals surface area contributed by atoms with Crippen LogP contribution >= 0.6 is 11.6 Å². The van der Waals surface area contributed by atoms with Crippen LogP contribution in [0.3, 0.4) is 0 Å². The minimum atomic E-state index is -1.59. The maximum atomic E-state index is 12.4. The molecule has 24 heavy (non-hydrogen) atoms. The Bertz CT molecular complexity index is 734. The summed E-state index contributed by atoms with van der Waals surface area (Å²) in [5, 5.41) is 20.2. The van der Waals surface area contributed by atoms with Gasteiger partial charge in [-0.25, -0.2) is 4.79 Å². The first-order valence-electron chi connectivity index (χ1n) is 7.12. The van der Waals surface area contributed by atoms with Gasteiger partial charge in [-0.3, -0.25) is 4.79 Å². The lowest BCUT2D eigenvalue weighted by molar-refractivity contribution is -0.145. The van der Waals surface area contributed by atoms with Crippen LogP contribution in [0.2, 0.25) is 5.02 Å². The molecule has 0 aliphatic heterocycles. The van der Waals surface area contributed by atoms with Crippen molar-refractivity contribution < 1.29 is 19.4 Å². The van der Waals surface area contributed by atoms with E-state index in [0.717, 1.165) is 0 Å². The van der Waals surface area contributed by atoms with E-state index in [0.29, 0.717) is 10.6 Å². The molecular weight excluding hydrogens is 334 g/mol. The molecule has 0 saturated carbocycles. The number of hydrogen-bond acceptors (Lipinski definition) is 5. The highest BCUT2D eigenvalue weighted by molar-refractivity contribution is 6.30. The Morgan fingerprint density at radius 3 is 2.33 bits per heavy atom. The number of amides is 1. The summed E-state index contributed by atoms with van der Waals surface area (Å²) in [6.07, 6.45) is 0.138. The number of aliphatic carboxylic acids is 1. The average Bonchev–Trinajstić information content (AvgIpc) is 2.60. The monoisotopic (exact) mass is 349 g/mol. The molecule has 0 bridgehead atoms. The number of benzene rings is 1. The summed E-state index contributed by atoms with van der Waals surface area (Å²) in [6, 6.07) is 9.16. The summed E-state index contributed by atoms with van der Waals surface area (Å²) < 4.78 is 4.88. The van der Waals surface area contributed by atoms with E-state index in [1.165, 1.54) is 19.2 Å². The van der Waals surface area contributed by atoms with Gasteiger partial charge in [0.25, 0.3) is 5.91 Å². The summed E-state index contributed by atoms with van der Waals surface area (Å²) in [5.41, 5.74) is -1.19. The summed E-state index contributed by atoms with van der Waals surface area (Å²) in [4.78, 5) is 24.3. The van der Waals surface area contributed by atoms with Gasteiger partial charge >= 0.3 is 5.97 Å². The Morgan fingerprint density at radius 2 is 1.88 bits per heavy atom. The number of carboxylic acid groups (broad SMARTS) is 1. The molecule has 0 spiro atoms. The lowest BCUT2D eigenvalue weighted by atomic mass is 9.87. The number of halogens is 1. The standard InChI is InChI=1S/C16H16ClN3O4/c1-3-16(15(22)23,10-4-6-11(17)7-5-10)18-14(21)12-8-9-13(24-2)20-19-12/h4-9H,3H2,1-2H3,(H,18,21)(H,22,23). The van der Waals surface area contributed by atoms with Gasteiger partial charge in [-0.1, -0.05) is 30.7 Å². The van der Waals surface area contributed by atoms with Crippen molar-refractivity contribution in [1.82, 2.24) is 15.5 Å². The summed E-state index contributed by atoms with van der Waals surface area (Å²) in [7, 11) is 1.43. The number of nitrogens with one attached hydrogen (secondary N) is 1. The number of carbonyl (C=O) groups is 2. The number of carboxylic acids is 1. The Balaban J connectivity index is 2.36. The van der Waals surface area contributed by atoms with Crippen molar-refractivity contribution in [3.05, 3.63) is 52.7 Å². The van der Waals surface area contributed by atoms with Crippen LogP contribution in [-0.2, 0) is 10.3 Å². The molecule has 2 N–H and O–H groups in total. The lowest BCUT2D eigenvalue weighted by Crippen LogP contribution is -2.51. The molecule has 0 saturated heterocycles. The second-order valence-electron chi connectivity index (χ2n) is 4.99. The molecule has 1 amide bonds. The van der Waals surface area contributed by atoms with Crippen molar-refractivity contribution in [2.24, 2.45) is 0 Å². The minimum absolute atomic E-state index is 0.0103. The van der Waals surface area contributed by atoms with Crippen LogP contribution in [0.4, 0.5) is 0 Å². The number of methoxy groups -OCH3 is 1. The first-order chi connectivity index (χ1) is 11.4. The van der Waals surface area contributed by atoms with E-state index < -0.39 is 17.4 Å². The number of nitrogens with zero attached hydrogens (tertiary/aromatic N) is 2. The number of ether oxygens (including phenoxy) is 1. The fraction of sp³-hybridized carbons (Fsp3) is 0.250. The van der Waals surface area contributed by atoms with Crippen molar-refractivity contribution in [2.45, 2.75) is 18.9 Å². The first-order valence-corrected chi connectivity index (χ1v) is 7.50. The fourth-order valence-electron chi connectivity index (χ4n) is 2.24. The minimum Gasteiger partial charge on any atom is -0.480 e. The van der Waals surface area contributed by atoms with Gasteiger partial charge in [0.2, 0.25) is 5.88 Å². The van der Waals surface area contributed by atoms with Crippen molar-refractivity contribution in [1.29, 1.82) is 0 Å². The SMILES string of the molecule is CCC(NC(=O)c1ccc(OC)nn1)(C(=O)O)c1ccc(Cl)cc1. The van der Waals surface area contributed by atoms with Crippen molar-refractivity contribution >= 4 is 23.5 Å². The van der Waals surface area contributed by atoms with Gasteiger partial charge in [-0.2, -0.15) is 0 Å². The second-order valence-corrected chi connectivity index (χ2v) is 5.42. The van der Waals surface area contributed by atoms with E-state index in [2.05, 4.69) is 15.5 Å². The van der Waals surface area contributed by atoms with Crippen molar-refractivity contribution in [3.8, 4) is 5.88 Å². The van der Waals surface area contributed by atoms with E-state index in [4.69, 9.17) is 16.3 Å². The fourth-order valence-corrected chi connectivity index (χ4v) is 2.36. The zero-order valence-corrected chi connectivity index (χ0v) is 13.9. The van der Waals surface area contributed by atoms with Gasteiger partial charge in [0.1, 0.15) is 0 Å². The third-order valence-electron chi connectivity index (χ3n) is 3.64. The molecule has 0 aliphatic carbocycles. The Hall–Kier alpha value is -2.67. The van der Waals surface area contributed by atoms with Gasteiger partial charge in [0.15, 0.2) is 11.2 Å². The third-order valence-corrected chi connectivity index (χ3v) is 3.89. The molecule has 0 radical (unpaired) electrons. The van der Waals surface area contributed by atoms with Gasteiger partial charge in [-0.15, -0.1) is 10.2 Å². The summed E-state index contributed by atoms with van der Waals surface area (Å²) in [5.74, 6) is -1.57. The van der Waals surface area contributed by atoms with Crippen LogP contribution in [0.5, 0.6) is 5.88 Å². The van der Waals surface area contributed by atoms with E-state index in [1.54, 1.807) is 31.2 Å². The molecule has 2 aromatic rings.